The first-order valence-electron chi connectivity index (χ1n) is 6.07. The Hall–Kier alpha value is -2.25. The van der Waals surface area contributed by atoms with Crippen LogP contribution < -0.4 is 0 Å². The molecule has 21 heavy (non-hydrogen) atoms. The standard InChI is InChI=1S/C13H12F3NO4/c14-13(15,16)7-21-12(20)17-6-9-4-2-1-3-8(9)5-10(17)11(18)19/h1-4,10H,5-7H2,(H,18,19)/t10-/m1/s1. The van der Waals surface area contributed by atoms with Crippen LogP contribution in [0.4, 0.5) is 18.0 Å². The maximum Gasteiger partial charge on any atom is 0.422 e. The Bertz CT molecular complexity index is 559. The molecule has 1 aromatic carbocycles. The number of carbonyl (C=O) groups is 2. The molecule has 1 amide bonds. The van der Waals surface area contributed by atoms with Crippen LogP contribution in [0, 0.1) is 0 Å². The zero-order chi connectivity index (χ0) is 15.6. The van der Waals surface area contributed by atoms with Crippen molar-refractivity contribution in [1.82, 2.24) is 4.90 Å². The lowest BCUT2D eigenvalue weighted by Gasteiger charge is -2.33. The molecule has 1 atom stereocenters. The summed E-state index contributed by atoms with van der Waals surface area (Å²) in [7, 11) is 0. The Kier molecular flexibility index (Phi) is 4.06. The summed E-state index contributed by atoms with van der Waals surface area (Å²) in [6.07, 6.45) is -5.90. The normalized spacial score (nSPS) is 18.0. The van der Waals surface area contributed by atoms with Crippen LogP contribution in [0.3, 0.4) is 0 Å². The van der Waals surface area contributed by atoms with Crippen LogP contribution >= 0.6 is 0 Å². The molecule has 1 N–H and O–H groups in total. The van der Waals surface area contributed by atoms with Gasteiger partial charge >= 0.3 is 18.2 Å². The summed E-state index contributed by atoms with van der Waals surface area (Å²) in [6, 6.07) is 5.62. The third-order valence-corrected chi connectivity index (χ3v) is 3.13. The van der Waals surface area contributed by atoms with Gasteiger partial charge in [0.1, 0.15) is 6.04 Å². The number of halogens is 3. The van der Waals surface area contributed by atoms with E-state index >= 15 is 0 Å². The van der Waals surface area contributed by atoms with Gasteiger partial charge in [0.15, 0.2) is 6.61 Å². The smallest absolute Gasteiger partial charge is 0.422 e. The Balaban J connectivity index is 2.17. The Morgan fingerprint density at radius 1 is 1.29 bits per heavy atom. The minimum atomic E-state index is -4.65. The van der Waals surface area contributed by atoms with Crippen LogP contribution in [0.1, 0.15) is 11.1 Å². The first kappa shape index (κ1) is 15.1. The van der Waals surface area contributed by atoms with Crippen molar-refractivity contribution in [1.29, 1.82) is 0 Å². The molecule has 114 valence electrons. The van der Waals surface area contributed by atoms with E-state index in [1.54, 1.807) is 24.3 Å². The summed E-state index contributed by atoms with van der Waals surface area (Å²) in [5, 5.41) is 9.14. The second-order valence-corrected chi connectivity index (χ2v) is 4.62. The summed E-state index contributed by atoms with van der Waals surface area (Å²) >= 11 is 0. The molecule has 1 aromatic rings. The second kappa shape index (κ2) is 5.63. The Morgan fingerprint density at radius 3 is 2.48 bits per heavy atom. The van der Waals surface area contributed by atoms with Gasteiger partial charge in [0, 0.05) is 6.42 Å². The first-order chi connectivity index (χ1) is 9.78. The summed E-state index contributed by atoms with van der Waals surface area (Å²) in [5.74, 6) is -1.28. The maximum absolute atomic E-state index is 12.1. The number of carbonyl (C=O) groups excluding carboxylic acids is 1. The lowest BCUT2D eigenvalue weighted by Crippen LogP contribution is -2.49. The molecule has 0 bridgehead atoms. The number of rotatable bonds is 2. The quantitative estimate of drug-likeness (QED) is 0.909. The molecule has 0 aliphatic carbocycles. The molecule has 5 nitrogen and oxygen atoms in total. The van der Waals surface area contributed by atoms with Gasteiger partial charge in [0.05, 0.1) is 6.54 Å². The zero-order valence-corrected chi connectivity index (χ0v) is 10.8. The van der Waals surface area contributed by atoms with E-state index in [0.29, 0.717) is 5.56 Å². The number of alkyl halides is 3. The fraction of sp³-hybridized carbons (Fsp3) is 0.385. The fourth-order valence-electron chi connectivity index (χ4n) is 2.16. The van der Waals surface area contributed by atoms with Crippen LogP contribution in [0.5, 0.6) is 0 Å². The number of carboxylic acid groups (broad SMARTS) is 1. The highest BCUT2D eigenvalue weighted by Crippen LogP contribution is 2.25. The molecule has 0 saturated carbocycles. The fourth-order valence-corrected chi connectivity index (χ4v) is 2.16. The van der Waals surface area contributed by atoms with Gasteiger partial charge < -0.3 is 9.84 Å². The number of benzene rings is 1. The maximum atomic E-state index is 12.1. The molecule has 1 aliphatic rings. The van der Waals surface area contributed by atoms with E-state index in [1.165, 1.54) is 0 Å². The lowest BCUT2D eigenvalue weighted by molar-refractivity contribution is -0.164. The zero-order valence-electron chi connectivity index (χ0n) is 10.8. The molecular formula is C13H12F3NO4. The summed E-state index contributed by atoms with van der Waals surface area (Å²) < 4.78 is 40.3. The SMILES string of the molecule is O=C(O)[C@H]1Cc2ccccc2CN1C(=O)OCC(F)(F)F. The van der Waals surface area contributed by atoms with Gasteiger partial charge in [-0.1, -0.05) is 24.3 Å². The van der Waals surface area contributed by atoms with Gasteiger partial charge in [-0.25, -0.2) is 9.59 Å². The van der Waals surface area contributed by atoms with Gasteiger partial charge in [0.25, 0.3) is 0 Å². The molecule has 0 unspecified atom stereocenters. The number of ether oxygens (including phenoxy) is 1. The molecule has 0 saturated heterocycles. The first-order valence-corrected chi connectivity index (χ1v) is 6.07. The number of aliphatic carboxylic acids is 1. The lowest BCUT2D eigenvalue weighted by atomic mass is 9.94. The van der Waals surface area contributed by atoms with Gasteiger partial charge in [-0.05, 0) is 11.1 Å². The summed E-state index contributed by atoms with van der Waals surface area (Å²) in [6.45, 7) is -1.83. The predicted octanol–water partition coefficient (Wildman–Crippen LogP) is 2.20. The number of nitrogens with zero attached hydrogens (tertiary/aromatic N) is 1. The third-order valence-electron chi connectivity index (χ3n) is 3.13. The van der Waals surface area contributed by atoms with Gasteiger partial charge in [-0.3, -0.25) is 4.90 Å². The monoisotopic (exact) mass is 303 g/mol. The second-order valence-electron chi connectivity index (χ2n) is 4.62. The summed E-state index contributed by atoms with van der Waals surface area (Å²) in [4.78, 5) is 23.7. The minimum Gasteiger partial charge on any atom is -0.480 e. The number of hydrogen-bond acceptors (Lipinski definition) is 3. The average Bonchev–Trinajstić information content (AvgIpc) is 2.42. The molecule has 0 radical (unpaired) electrons. The highest BCUT2D eigenvalue weighted by Gasteiger charge is 2.37. The van der Waals surface area contributed by atoms with Gasteiger partial charge in [0.2, 0.25) is 0 Å². The Morgan fingerprint density at radius 2 is 1.90 bits per heavy atom. The highest BCUT2D eigenvalue weighted by atomic mass is 19.4. The van der Waals surface area contributed by atoms with E-state index in [1.807, 2.05) is 0 Å². The van der Waals surface area contributed by atoms with Crippen molar-refractivity contribution in [2.75, 3.05) is 6.61 Å². The van der Waals surface area contributed by atoms with Crippen LogP contribution in [0.15, 0.2) is 24.3 Å². The van der Waals surface area contributed by atoms with E-state index in [-0.39, 0.29) is 13.0 Å². The average molecular weight is 303 g/mol. The number of amides is 1. The largest absolute Gasteiger partial charge is 0.480 e. The van der Waals surface area contributed by atoms with Crippen LogP contribution in [-0.2, 0) is 22.5 Å². The van der Waals surface area contributed by atoms with Crippen molar-refractivity contribution in [3.63, 3.8) is 0 Å². The number of carboxylic acids is 1. The van der Waals surface area contributed by atoms with E-state index in [0.717, 1.165) is 10.5 Å². The molecule has 2 rings (SSSR count). The van der Waals surface area contributed by atoms with Crippen molar-refractivity contribution < 1.29 is 32.6 Å². The molecule has 0 aromatic heterocycles. The van der Waals surface area contributed by atoms with Crippen molar-refractivity contribution in [2.24, 2.45) is 0 Å². The molecule has 1 aliphatic heterocycles. The molecule has 0 spiro atoms. The third kappa shape index (κ3) is 3.65. The molecule has 0 fully saturated rings. The highest BCUT2D eigenvalue weighted by molar-refractivity contribution is 5.81. The number of hydrogen-bond donors (Lipinski definition) is 1. The van der Waals surface area contributed by atoms with Crippen molar-refractivity contribution in [2.45, 2.75) is 25.2 Å². The predicted molar refractivity (Wildman–Crippen MR) is 64.5 cm³/mol. The summed E-state index contributed by atoms with van der Waals surface area (Å²) in [5.41, 5.74) is 1.45. The van der Waals surface area contributed by atoms with E-state index < -0.39 is 30.9 Å². The molecule has 8 heteroatoms. The van der Waals surface area contributed by atoms with Gasteiger partial charge in [-0.2, -0.15) is 13.2 Å². The van der Waals surface area contributed by atoms with Crippen molar-refractivity contribution in [3.05, 3.63) is 35.4 Å². The Labute approximate surface area is 117 Å². The van der Waals surface area contributed by atoms with E-state index in [2.05, 4.69) is 4.74 Å². The van der Waals surface area contributed by atoms with Gasteiger partial charge in [-0.15, -0.1) is 0 Å². The van der Waals surface area contributed by atoms with Crippen molar-refractivity contribution in [3.8, 4) is 0 Å². The molecular weight excluding hydrogens is 291 g/mol. The topological polar surface area (TPSA) is 66.8 Å². The van der Waals surface area contributed by atoms with E-state index in [4.69, 9.17) is 5.11 Å². The van der Waals surface area contributed by atoms with Crippen LogP contribution in [0.25, 0.3) is 0 Å². The van der Waals surface area contributed by atoms with Crippen LogP contribution in [-0.4, -0.2) is 40.9 Å². The van der Waals surface area contributed by atoms with Crippen molar-refractivity contribution >= 4 is 12.1 Å². The van der Waals surface area contributed by atoms with E-state index in [9.17, 15) is 22.8 Å². The molecule has 1 heterocycles. The van der Waals surface area contributed by atoms with Crippen LogP contribution in [0.2, 0.25) is 0 Å². The minimum absolute atomic E-state index is 0.0343. The number of fused-ring (bicyclic) bond motifs is 1.